The summed E-state index contributed by atoms with van der Waals surface area (Å²) in [5.74, 6) is 0.138. The van der Waals surface area contributed by atoms with Gasteiger partial charge in [0.15, 0.2) is 0 Å². The Labute approximate surface area is 641 Å². The molecule has 576 valence electrons. The van der Waals surface area contributed by atoms with Crippen LogP contribution in [0.1, 0.15) is 134 Å². The molecule has 1 unspecified atom stereocenters. The van der Waals surface area contributed by atoms with Gasteiger partial charge in [-0.15, -0.1) is 0 Å². The number of hydrogen-bond donors (Lipinski definition) is 4. The number of rotatable bonds is 37. The first-order valence-electron chi connectivity index (χ1n) is 37.6. The minimum atomic E-state index is -1.30. The van der Waals surface area contributed by atoms with Gasteiger partial charge < -0.3 is 63.5 Å². The van der Waals surface area contributed by atoms with Gasteiger partial charge in [0.1, 0.15) is 24.7 Å². The molecule has 2 aromatic heterocycles. The van der Waals surface area contributed by atoms with E-state index in [1.807, 2.05) is 108 Å². The highest BCUT2D eigenvalue weighted by molar-refractivity contribution is 7.84. The molecule has 2 atom stereocenters. The van der Waals surface area contributed by atoms with Gasteiger partial charge in [0.2, 0.25) is 0 Å². The van der Waals surface area contributed by atoms with Crippen molar-refractivity contribution in [3.05, 3.63) is 197 Å². The van der Waals surface area contributed by atoms with E-state index >= 15 is 0 Å². The monoisotopic (exact) mass is 1510 g/mol. The molecule has 0 fully saturated rings. The number of nitrogens with one attached hydrogen (secondary N) is 2. The third-order valence-corrected chi connectivity index (χ3v) is 21.9. The number of anilines is 4. The molecular weight excluding hydrogens is 1400 g/mol. The van der Waals surface area contributed by atoms with Gasteiger partial charge in [-0.2, -0.15) is 0 Å². The molecule has 4 heterocycles. The summed E-state index contributed by atoms with van der Waals surface area (Å²) in [5, 5.41) is 26.0. The lowest BCUT2D eigenvalue weighted by atomic mass is 9.91. The standard InChI is InChI=1S/C44H55N3O6S.C42H52N4O7S/c1-6-8-25-52-26-27-53-39-16-11-33(12-17-39)34-13-20-41-37(28-34)29-35(10-9-23-47(41)31-44(4,5)43(49)50)42(48)45-38-14-18-40(19-15-38)54(51)30-36-21-24-46(22-7-2)32(36)3;1-5-6-21-52-23-24-53-37-14-9-31(10-15-37)32-11-18-39-34(25-32)26-33(8-7-19-45(39)29-42(2,3)41(48)49)40(47)44-35-12-16-38(17-13-35)54(50)28-36-27-43-30-46(36)20-22-51-4/h11-21,24,28-29H,6-10,22-23,25-27,30-31H2,1-5H3,(H,45,48)(H,49,50);9-18,25-27,30H,5-8,19-24,28-29H2,1-4H3,(H,44,47)(H,48,49)/b35-29+;33-26+/t54-;/m1./s1. The van der Waals surface area contributed by atoms with Crippen molar-refractivity contribution in [2.75, 3.05) is 100.0 Å². The minimum Gasteiger partial charge on any atom is -0.491 e. The van der Waals surface area contributed by atoms with Gasteiger partial charge >= 0.3 is 11.9 Å². The van der Waals surface area contributed by atoms with E-state index in [4.69, 9.17) is 23.7 Å². The number of carboxylic acid groups (broad SMARTS) is 2. The molecule has 2 aliphatic heterocycles. The summed E-state index contributed by atoms with van der Waals surface area (Å²) in [6.07, 6.45) is 17.0. The van der Waals surface area contributed by atoms with Gasteiger partial charge in [0.25, 0.3) is 11.8 Å². The van der Waals surface area contributed by atoms with Crippen molar-refractivity contribution in [2.24, 2.45) is 10.8 Å². The predicted octanol–water partition coefficient (Wildman–Crippen LogP) is 16.5. The molecule has 22 heteroatoms. The quantitative estimate of drug-likeness (QED) is 0.0265. The molecule has 2 amide bonds. The number of carbonyl (C=O) groups is 4. The molecule has 2 aliphatic rings. The van der Waals surface area contributed by atoms with Crippen LogP contribution in [0, 0.1) is 17.8 Å². The number of aliphatic carboxylic acids is 2. The highest BCUT2D eigenvalue weighted by Gasteiger charge is 2.33. The second kappa shape index (κ2) is 40.7. The molecule has 6 aromatic carbocycles. The molecule has 0 spiro atoms. The van der Waals surface area contributed by atoms with Crippen LogP contribution in [0.5, 0.6) is 11.5 Å². The van der Waals surface area contributed by atoms with E-state index in [2.05, 4.69) is 76.0 Å². The molecule has 10 rings (SSSR count). The van der Waals surface area contributed by atoms with Gasteiger partial charge in [-0.05, 0) is 234 Å². The summed E-state index contributed by atoms with van der Waals surface area (Å²) in [6.45, 7) is 22.9. The van der Waals surface area contributed by atoms with Crippen molar-refractivity contribution in [1.82, 2.24) is 14.1 Å². The topological polar surface area (TPSA) is 242 Å². The van der Waals surface area contributed by atoms with E-state index in [0.29, 0.717) is 135 Å². The van der Waals surface area contributed by atoms with Gasteiger partial charge in [0, 0.05) is 121 Å². The van der Waals surface area contributed by atoms with Gasteiger partial charge in [-0.25, -0.2) is 4.98 Å². The number of nitrogens with zero attached hydrogens (tertiary/aromatic N) is 5. The number of methoxy groups -OCH3 is 1. The molecule has 0 radical (unpaired) electrons. The Morgan fingerprint density at radius 2 is 0.981 bits per heavy atom. The van der Waals surface area contributed by atoms with Crippen molar-refractivity contribution in [1.29, 1.82) is 0 Å². The molecule has 108 heavy (non-hydrogen) atoms. The summed E-state index contributed by atoms with van der Waals surface area (Å²) in [5.41, 5.74) is 11.0. The van der Waals surface area contributed by atoms with Crippen molar-refractivity contribution in [3.8, 4) is 33.8 Å². The maximum Gasteiger partial charge on any atom is 0.310 e. The number of unbranched alkanes of at least 4 members (excludes halogenated alkanes) is 2. The van der Waals surface area contributed by atoms with Crippen LogP contribution in [0.2, 0.25) is 0 Å². The normalized spacial score (nSPS) is 14.7. The smallest absolute Gasteiger partial charge is 0.310 e. The maximum absolute atomic E-state index is 13.8. The number of fused-ring (bicyclic) bond motifs is 2. The Kier molecular flexibility index (Phi) is 31.1. The average molecular weight is 1510 g/mol. The largest absolute Gasteiger partial charge is 0.491 e. The Morgan fingerprint density at radius 1 is 0.528 bits per heavy atom. The van der Waals surface area contributed by atoms with Crippen LogP contribution in [-0.4, -0.2) is 136 Å². The van der Waals surface area contributed by atoms with E-state index in [-0.39, 0.29) is 11.8 Å². The second-order valence-corrected chi connectivity index (χ2v) is 31.5. The van der Waals surface area contributed by atoms with E-state index in [9.17, 15) is 37.8 Å². The highest BCUT2D eigenvalue weighted by Crippen LogP contribution is 2.38. The first-order chi connectivity index (χ1) is 52.1. The zero-order chi connectivity index (χ0) is 77.2. The number of ether oxygens (including phenoxy) is 5. The number of carbonyl (C=O) groups excluding carboxylic acids is 2. The van der Waals surface area contributed by atoms with E-state index < -0.39 is 44.4 Å². The Bertz CT molecular complexity index is 4390. The fourth-order valence-electron chi connectivity index (χ4n) is 12.7. The number of aromatic nitrogens is 3. The molecule has 0 aliphatic carbocycles. The van der Waals surface area contributed by atoms with E-state index in [1.54, 1.807) is 83.7 Å². The first kappa shape index (κ1) is 82.6. The van der Waals surface area contributed by atoms with Crippen molar-refractivity contribution in [3.63, 3.8) is 0 Å². The van der Waals surface area contributed by atoms with Crippen molar-refractivity contribution in [2.45, 2.75) is 148 Å². The van der Waals surface area contributed by atoms with Gasteiger partial charge in [0.05, 0.1) is 75.8 Å². The summed E-state index contributed by atoms with van der Waals surface area (Å²) in [4.78, 5) is 61.6. The van der Waals surface area contributed by atoms with Crippen LogP contribution in [0.25, 0.3) is 34.4 Å². The van der Waals surface area contributed by atoms with Crippen LogP contribution in [-0.2, 0) is 79.6 Å². The number of benzene rings is 6. The maximum atomic E-state index is 13.8. The van der Waals surface area contributed by atoms with Crippen LogP contribution < -0.4 is 29.9 Å². The lowest BCUT2D eigenvalue weighted by Gasteiger charge is -2.34. The summed E-state index contributed by atoms with van der Waals surface area (Å²) < 4.78 is 58.7. The molecule has 0 saturated carbocycles. The predicted molar refractivity (Wildman–Crippen MR) is 432 cm³/mol. The fraction of sp³-hybridized carbons (Fsp3) is 0.407. The molecule has 8 aromatic rings. The summed E-state index contributed by atoms with van der Waals surface area (Å²) >= 11 is 0. The molecule has 0 bridgehead atoms. The molecule has 0 saturated heterocycles. The third-order valence-electron chi connectivity index (χ3n) is 19.2. The lowest BCUT2D eigenvalue weighted by molar-refractivity contribution is -0.147. The Hall–Kier alpha value is -9.45. The average Bonchev–Trinajstić information content (AvgIpc) is 1.52. The number of amides is 2. The van der Waals surface area contributed by atoms with E-state index in [1.165, 1.54) is 0 Å². The van der Waals surface area contributed by atoms with Crippen LogP contribution in [0.4, 0.5) is 22.7 Å². The molecular formula is C86H107N7O13S2. The Balaban J connectivity index is 0.000000249. The van der Waals surface area contributed by atoms with Gasteiger partial charge in [-0.3, -0.25) is 27.6 Å². The number of aryl methyl sites for hydroxylation is 1. The zero-order valence-corrected chi connectivity index (χ0v) is 65.7. The zero-order valence-electron chi connectivity index (χ0n) is 64.1. The fourth-order valence-corrected chi connectivity index (χ4v) is 15.0. The summed E-state index contributed by atoms with van der Waals surface area (Å²) in [7, 11) is -0.876. The van der Waals surface area contributed by atoms with E-state index in [0.717, 1.165) is 125 Å². The first-order valence-corrected chi connectivity index (χ1v) is 40.2. The van der Waals surface area contributed by atoms with Crippen molar-refractivity contribution >= 4 is 80.3 Å². The van der Waals surface area contributed by atoms with Crippen LogP contribution in [0.15, 0.2) is 179 Å². The van der Waals surface area contributed by atoms with Crippen LogP contribution >= 0.6 is 0 Å². The number of carboxylic acids is 2. The highest BCUT2D eigenvalue weighted by atomic mass is 32.2. The third kappa shape index (κ3) is 23.8. The SMILES string of the molecule is CCCCOCCOc1ccc(-c2ccc3c(c2)/C=C(/C(=O)Nc2ccc(S(=O)Cc4cncn4CCOC)cc2)CCCN3CC(C)(C)C(=O)O)cc1.CCCCOCCOc1ccc(-c2ccc3c(c2)/C=C(/C(=O)Nc2ccc([S@](=O)Cc4ccn(CCC)c4C)cc2)CCCN3CC(C)(C)C(=O)O)cc1. The lowest BCUT2D eigenvalue weighted by Crippen LogP contribution is -2.40. The Morgan fingerprint density at radius 3 is 1.42 bits per heavy atom. The number of hydrogen-bond acceptors (Lipinski definition) is 14. The number of imidazole rings is 1. The molecule has 4 N–H and O–H groups in total. The van der Waals surface area contributed by atoms with Crippen LogP contribution in [0.3, 0.4) is 0 Å². The minimum absolute atomic E-state index is 0.201. The second-order valence-electron chi connectivity index (χ2n) is 28.6. The summed E-state index contributed by atoms with van der Waals surface area (Å²) in [6, 6.07) is 44.4. The van der Waals surface area contributed by atoms with Gasteiger partial charge in [-0.1, -0.05) is 70.0 Å². The van der Waals surface area contributed by atoms with Crippen molar-refractivity contribution < 1.29 is 61.5 Å². The molecule has 20 nitrogen and oxygen atoms in total.